The molecule has 3 aromatic rings. The maximum Gasteiger partial charge on any atom is 0.338 e. The van der Waals surface area contributed by atoms with E-state index in [4.69, 9.17) is 4.74 Å². The maximum absolute atomic E-state index is 12.6. The average Bonchev–Trinajstić information content (AvgIpc) is 3.01. The highest BCUT2D eigenvalue weighted by Gasteiger charge is 2.27. The highest BCUT2D eigenvalue weighted by atomic mass is 16.5. The largest absolute Gasteiger partial charge is 0.454 e. The van der Waals surface area contributed by atoms with Crippen molar-refractivity contribution in [3.8, 4) is 0 Å². The van der Waals surface area contributed by atoms with Crippen molar-refractivity contribution in [2.24, 2.45) is 0 Å². The van der Waals surface area contributed by atoms with Gasteiger partial charge in [0.25, 0.3) is 0 Å². The number of ether oxygens (including phenoxy) is 1. The molecular formula is C23H22O2. The number of hydrogen-bond acceptors (Lipinski definition) is 2. The summed E-state index contributed by atoms with van der Waals surface area (Å²) in [6.07, 6.45) is 1.66. The molecule has 0 heterocycles. The minimum absolute atomic E-state index is 0.192. The first-order valence-corrected chi connectivity index (χ1v) is 8.99. The minimum atomic E-state index is -0.245. The summed E-state index contributed by atoms with van der Waals surface area (Å²) in [5, 5.41) is 2.46. The van der Waals surface area contributed by atoms with E-state index in [-0.39, 0.29) is 12.1 Å². The number of carbonyl (C=O) groups excluding carboxylic acids is 1. The molecule has 0 amide bonds. The van der Waals surface area contributed by atoms with Crippen LogP contribution in [-0.2, 0) is 11.2 Å². The van der Waals surface area contributed by atoms with Crippen LogP contribution in [0.1, 0.15) is 59.3 Å². The highest BCUT2D eigenvalue weighted by molar-refractivity contribution is 5.93. The Kier molecular flexibility index (Phi) is 4.04. The molecule has 0 spiro atoms. The Morgan fingerprint density at radius 1 is 1.08 bits per heavy atom. The smallest absolute Gasteiger partial charge is 0.338 e. The molecular weight excluding hydrogens is 308 g/mol. The average molecular weight is 330 g/mol. The molecule has 0 N–H and O–H groups in total. The van der Waals surface area contributed by atoms with Gasteiger partial charge in [0, 0.05) is 12.0 Å². The van der Waals surface area contributed by atoms with Crippen LogP contribution < -0.4 is 0 Å². The fraction of sp³-hybridized carbons (Fsp3) is 0.261. The summed E-state index contributed by atoms with van der Waals surface area (Å²) < 4.78 is 5.86. The normalized spacial score (nSPS) is 16.8. The molecule has 0 aliphatic heterocycles. The summed E-state index contributed by atoms with van der Waals surface area (Å²) in [4.78, 5) is 12.6. The first-order valence-electron chi connectivity index (χ1n) is 8.99. The van der Waals surface area contributed by atoms with Crippen molar-refractivity contribution in [3.05, 3.63) is 82.9 Å². The van der Waals surface area contributed by atoms with Crippen LogP contribution in [0.2, 0.25) is 0 Å². The van der Waals surface area contributed by atoms with Crippen LogP contribution in [0.4, 0.5) is 0 Å². The fourth-order valence-corrected chi connectivity index (χ4v) is 3.68. The van der Waals surface area contributed by atoms with E-state index in [0.717, 1.165) is 18.4 Å². The number of rotatable bonds is 4. The molecule has 0 fully saturated rings. The third kappa shape index (κ3) is 2.82. The van der Waals surface area contributed by atoms with Crippen LogP contribution >= 0.6 is 0 Å². The Labute approximate surface area is 148 Å². The van der Waals surface area contributed by atoms with Crippen LogP contribution in [0.5, 0.6) is 0 Å². The van der Waals surface area contributed by atoms with Gasteiger partial charge in [-0.1, -0.05) is 62.4 Å². The van der Waals surface area contributed by atoms with Gasteiger partial charge in [0.05, 0.1) is 5.56 Å². The van der Waals surface area contributed by atoms with E-state index in [0.29, 0.717) is 11.5 Å². The Balaban J connectivity index is 1.56. The van der Waals surface area contributed by atoms with E-state index in [2.05, 4.69) is 44.2 Å². The van der Waals surface area contributed by atoms with Crippen LogP contribution in [0, 0.1) is 0 Å². The predicted octanol–water partition coefficient (Wildman–Crippen LogP) is 5.81. The van der Waals surface area contributed by atoms with Crippen molar-refractivity contribution in [1.29, 1.82) is 0 Å². The lowest BCUT2D eigenvalue weighted by atomic mass is 9.98. The minimum Gasteiger partial charge on any atom is -0.454 e. The maximum atomic E-state index is 12.6. The molecule has 3 aromatic carbocycles. The van der Waals surface area contributed by atoms with Gasteiger partial charge in [0.1, 0.15) is 6.10 Å². The topological polar surface area (TPSA) is 26.3 Å². The third-order valence-electron chi connectivity index (χ3n) is 5.35. The summed E-state index contributed by atoms with van der Waals surface area (Å²) in [6.45, 7) is 4.37. The Bertz CT molecular complexity index is 919. The first kappa shape index (κ1) is 15.9. The lowest BCUT2D eigenvalue weighted by molar-refractivity contribution is 0.0311. The standard InChI is InChI=1S/C23H22O2/c1-3-15(2)16-10-12-18(13-11-16)23(24)25-21-14-19-8-4-6-17-7-5-9-20(21)22(17)19/h4-13,15,21H,3,14H2,1-2H3. The Hall–Kier alpha value is -2.61. The summed E-state index contributed by atoms with van der Waals surface area (Å²) >= 11 is 0. The molecule has 0 saturated carbocycles. The zero-order valence-corrected chi connectivity index (χ0v) is 14.7. The highest BCUT2D eigenvalue weighted by Crippen LogP contribution is 2.39. The van der Waals surface area contributed by atoms with Crippen LogP contribution in [0.25, 0.3) is 10.8 Å². The molecule has 1 aliphatic carbocycles. The van der Waals surface area contributed by atoms with Gasteiger partial charge in [0.15, 0.2) is 0 Å². The van der Waals surface area contributed by atoms with Gasteiger partial charge in [-0.05, 0) is 46.4 Å². The Morgan fingerprint density at radius 3 is 2.52 bits per heavy atom. The lowest BCUT2D eigenvalue weighted by Crippen LogP contribution is -2.11. The second-order valence-electron chi connectivity index (χ2n) is 6.89. The molecule has 0 saturated heterocycles. The molecule has 0 aromatic heterocycles. The molecule has 0 bridgehead atoms. The molecule has 4 rings (SSSR count). The number of benzene rings is 3. The van der Waals surface area contributed by atoms with Gasteiger partial charge in [-0.3, -0.25) is 0 Å². The van der Waals surface area contributed by atoms with Gasteiger partial charge >= 0.3 is 5.97 Å². The van der Waals surface area contributed by atoms with E-state index >= 15 is 0 Å². The van der Waals surface area contributed by atoms with Gasteiger partial charge in [0.2, 0.25) is 0 Å². The van der Waals surface area contributed by atoms with Crippen LogP contribution in [-0.4, -0.2) is 5.97 Å². The number of esters is 1. The van der Waals surface area contributed by atoms with Crippen molar-refractivity contribution in [3.63, 3.8) is 0 Å². The SMILES string of the molecule is CCC(C)c1ccc(C(=O)OC2Cc3cccc4cccc2c34)cc1. The van der Waals surface area contributed by atoms with Gasteiger partial charge in [-0.2, -0.15) is 0 Å². The quantitative estimate of drug-likeness (QED) is 0.564. The summed E-state index contributed by atoms with van der Waals surface area (Å²) in [5.74, 6) is 0.262. The third-order valence-corrected chi connectivity index (χ3v) is 5.35. The van der Waals surface area contributed by atoms with Gasteiger partial charge in [-0.15, -0.1) is 0 Å². The lowest BCUT2D eigenvalue weighted by Gasteiger charge is -2.14. The second-order valence-corrected chi connectivity index (χ2v) is 6.89. The zero-order chi connectivity index (χ0) is 17.4. The first-order chi connectivity index (χ1) is 12.2. The number of hydrogen-bond donors (Lipinski definition) is 0. The zero-order valence-electron chi connectivity index (χ0n) is 14.7. The molecule has 0 radical (unpaired) electrons. The summed E-state index contributed by atoms with van der Waals surface area (Å²) in [5.41, 5.74) is 4.27. The van der Waals surface area contributed by atoms with Gasteiger partial charge in [-0.25, -0.2) is 4.79 Å². The van der Waals surface area contributed by atoms with Crippen LogP contribution in [0.3, 0.4) is 0 Å². The van der Waals surface area contributed by atoms with E-state index < -0.39 is 0 Å². The molecule has 126 valence electrons. The predicted molar refractivity (Wildman–Crippen MR) is 101 cm³/mol. The van der Waals surface area contributed by atoms with Crippen molar-refractivity contribution < 1.29 is 9.53 Å². The van der Waals surface area contributed by atoms with Crippen molar-refractivity contribution in [2.75, 3.05) is 0 Å². The second kappa shape index (κ2) is 6.36. The van der Waals surface area contributed by atoms with E-state index in [1.807, 2.05) is 30.3 Å². The molecule has 25 heavy (non-hydrogen) atoms. The molecule has 1 aliphatic rings. The Morgan fingerprint density at radius 2 is 1.80 bits per heavy atom. The summed E-state index contributed by atoms with van der Waals surface area (Å²) in [7, 11) is 0. The molecule has 2 unspecified atom stereocenters. The van der Waals surface area contributed by atoms with Crippen molar-refractivity contribution >= 4 is 16.7 Å². The van der Waals surface area contributed by atoms with Crippen LogP contribution in [0.15, 0.2) is 60.7 Å². The van der Waals surface area contributed by atoms with E-state index in [9.17, 15) is 4.79 Å². The summed E-state index contributed by atoms with van der Waals surface area (Å²) in [6, 6.07) is 20.4. The number of carbonyl (C=O) groups is 1. The van der Waals surface area contributed by atoms with Gasteiger partial charge < -0.3 is 4.74 Å². The molecule has 2 heteroatoms. The molecule has 2 nitrogen and oxygen atoms in total. The van der Waals surface area contributed by atoms with E-state index in [1.165, 1.54) is 21.9 Å². The van der Waals surface area contributed by atoms with Crippen molar-refractivity contribution in [2.45, 2.75) is 38.7 Å². The monoisotopic (exact) mass is 330 g/mol. The fourth-order valence-electron chi connectivity index (χ4n) is 3.68. The van der Waals surface area contributed by atoms with E-state index in [1.54, 1.807) is 0 Å². The van der Waals surface area contributed by atoms with Crippen molar-refractivity contribution in [1.82, 2.24) is 0 Å². The molecule has 2 atom stereocenters.